The van der Waals surface area contributed by atoms with Crippen LogP contribution in [0.4, 0.5) is 0 Å². The van der Waals surface area contributed by atoms with Crippen LogP contribution in [-0.2, 0) is 0 Å². The van der Waals surface area contributed by atoms with Crippen LogP contribution in [0, 0.1) is 0 Å². The van der Waals surface area contributed by atoms with Crippen molar-refractivity contribution in [3.63, 3.8) is 0 Å². The van der Waals surface area contributed by atoms with Crippen molar-refractivity contribution in [2.45, 2.75) is 0 Å². The van der Waals surface area contributed by atoms with Crippen molar-refractivity contribution >= 4 is 33.0 Å². The van der Waals surface area contributed by atoms with E-state index in [-0.39, 0.29) is 0 Å². The summed E-state index contributed by atoms with van der Waals surface area (Å²) in [5.41, 5.74) is 6.62. The van der Waals surface area contributed by atoms with Gasteiger partial charge in [0.1, 0.15) is 5.58 Å². The molecule has 0 fully saturated rings. The van der Waals surface area contributed by atoms with Gasteiger partial charge in [-0.3, -0.25) is 0 Å². The number of nitrogens with zero attached hydrogens (tertiary/aromatic N) is 5. The number of rotatable bonds is 4. The number of hydrogen-bond donors (Lipinski definition) is 0. The summed E-state index contributed by atoms with van der Waals surface area (Å²) < 4.78 is 5.99. The summed E-state index contributed by atoms with van der Waals surface area (Å²) in [4.78, 5) is 24.2. The van der Waals surface area contributed by atoms with Crippen molar-refractivity contribution < 1.29 is 4.42 Å². The van der Waals surface area contributed by atoms with Gasteiger partial charge in [-0.2, -0.15) is 0 Å². The quantitative estimate of drug-likeness (QED) is 0.229. The average Bonchev–Trinajstić information content (AvgIpc) is 3.43. The summed E-state index contributed by atoms with van der Waals surface area (Å²) >= 11 is 0. The summed E-state index contributed by atoms with van der Waals surface area (Å²) in [6.07, 6.45) is 0. The third-order valence-corrected chi connectivity index (χ3v) is 7.15. The molecule has 6 heteroatoms. The van der Waals surface area contributed by atoms with E-state index in [2.05, 4.69) is 12.1 Å². The van der Waals surface area contributed by atoms with Crippen molar-refractivity contribution in [1.82, 2.24) is 24.9 Å². The molecule has 0 aliphatic carbocycles. The summed E-state index contributed by atoms with van der Waals surface area (Å²) in [5.74, 6) is 1.88. The summed E-state index contributed by atoms with van der Waals surface area (Å²) in [6.45, 7) is 0. The van der Waals surface area contributed by atoms with Crippen molar-refractivity contribution in [1.29, 1.82) is 0 Å². The van der Waals surface area contributed by atoms with Crippen LogP contribution in [0.25, 0.3) is 78.5 Å². The molecule has 8 rings (SSSR count). The van der Waals surface area contributed by atoms with E-state index in [9.17, 15) is 0 Å². The van der Waals surface area contributed by atoms with E-state index in [1.165, 1.54) is 0 Å². The number of aromatic nitrogens is 5. The van der Waals surface area contributed by atoms with E-state index in [1.807, 2.05) is 115 Å². The Hall–Kier alpha value is -5.75. The fourth-order valence-corrected chi connectivity index (χ4v) is 5.09. The van der Waals surface area contributed by atoms with Crippen LogP contribution in [0.1, 0.15) is 0 Å². The highest BCUT2D eigenvalue weighted by molar-refractivity contribution is 6.04. The van der Waals surface area contributed by atoms with Gasteiger partial charge in [0.25, 0.3) is 0 Å². The minimum atomic E-state index is 0.610. The van der Waals surface area contributed by atoms with E-state index >= 15 is 0 Å². The fraction of sp³-hybridized carbons (Fsp3) is 0. The number of para-hydroxylation sites is 1. The van der Waals surface area contributed by atoms with E-state index in [0.717, 1.165) is 55.3 Å². The first-order valence-corrected chi connectivity index (χ1v) is 13.4. The van der Waals surface area contributed by atoms with Crippen molar-refractivity contribution in [3.05, 3.63) is 127 Å². The van der Waals surface area contributed by atoms with Gasteiger partial charge in [0.05, 0.1) is 16.9 Å². The SMILES string of the molecule is c1ccc(-c2nc(-c3ccccc3)nc(-c3ccc4nc(-c5ccc6c(n5)oc5ccccc56)ccc4c3)n2)cc1. The van der Waals surface area contributed by atoms with Gasteiger partial charge in [-0.05, 0) is 42.5 Å². The highest BCUT2D eigenvalue weighted by Crippen LogP contribution is 2.31. The first-order valence-electron chi connectivity index (χ1n) is 13.4. The van der Waals surface area contributed by atoms with Gasteiger partial charge in [-0.1, -0.05) is 84.9 Å². The molecule has 192 valence electrons. The van der Waals surface area contributed by atoms with E-state index in [0.29, 0.717) is 23.2 Å². The lowest BCUT2D eigenvalue weighted by atomic mass is 10.1. The molecule has 0 bridgehead atoms. The molecule has 41 heavy (non-hydrogen) atoms. The number of furan rings is 1. The number of hydrogen-bond acceptors (Lipinski definition) is 6. The van der Waals surface area contributed by atoms with Crippen LogP contribution in [0.15, 0.2) is 132 Å². The van der Waals surface area contributed by atoms with E-state index in [4.69, 9.17) is 29.3 Å². The molecule has 0 N–H and O–H groups in total. The second-order valence-electron chi connectivity index (χ2n) is 9.79. The van der Waals surface area contributed by atoms with Gasteiger partial charge in [0.15, 0.2) is 17.5 Å². The second kappa shape index (κ2) is 9.47. The number of benzene rings is 4. The van der Waals surface area contributed by atoms with Gasteiger partial charge in [-0.15, -0.1) is 0 Å². The molecule has 0 aliphatic heterocycles. The maximum atomic E-state index is 5.99. The molecule has 4 aromatic carbocycles. The molecule has 0 saturated carbocycles. The molecular formula is C35H21N5O. The number of pyridine rings is 2. The van der Waals surface area contributed by atoms with Crippen LogP contribution in [-0.4, -0.2) is 24.9 Å². The Kier molecular flexibility index (Phi) is 5.35. The lowest BCUT2D eigenvalue weighted by Crippen LogP contribution is -2.00. The van der Waals surface area contributed by atoms with E-state index < -0.39 is 0 Å². The van der Waals surface area contributed by atoms with Gasteiger partial charge in [0, 0.05) is 32.8 Å². The molecular weight excluding hydrogens is 506 g/mol. The minimum absolute atomic E-state index is 0.610. The van der Waals surface area contributed by atoms with Crippen molar-refractivity contribution in [3.8, 4) is 45.6 Å². The highest BCUT2D eigenvalue weighted by Gasteiger charge is 2.14. The lowest BCUT2D eigenvalue weighted by Gasteiger charge is -2.09. The zero-order valence-electron chi connectivity index (χ0n) is 21.8. The molecule has 0 radical (unpaired) electrons. The zero-order valence-corrected chi connectivity index (χ0v) is 21.8. The third-order valence-electron chi connectivity index (χ3n) is 7.15. The fourth-order valence-electron chi connectivity index (χ4n) is 5.09. The van der Waals surface area contributed by atoms with E-state index in [1.54, 1.807) is 0 Å². The minimum Gasteiger partial charge on any atom is -0.438 e. The van der Waals surface area contributed by atoms with Crippen molar-refractivity contribution in [2.75, 3.05) is 0 Å². The molecule has 6 nitrogen and oxygen atoms in total. The summed E-state index contributed by atoms with van der Waals surface area (Å²) in [5, 5.41) is 3.04. The molecule has 0 unspecified atom stereocenters. The molecule has 4 aromatic heterocycles. The second-order valence-corrected chi connectivity index (χ2v) is 9.79. The first kappa shape index (κ1) is 23.2. The highest BCUT2D eigenvalue weighted by atomic mass is 16.3. The van der Waals surface area contributed by atoms with Crippen LogP contribution in [0.2, 0.25) is 0 Å². The predicted molar refractivity (Wildman–Crippen MR) is 162 cm³/mol. The Bertz CT molecular complexity index is 2150. The maximum absolute atomic E-state index is 5.99. The average molecular weight is 528 g/mol. The Balaban J connectivity index is 1.20. The molecule has 4 heterocycles. The van der Waals surface area contributed by atoms with Crippen LogP contribution < -0.4 is 0 Å². The predicted octanol–water partition coefficient (Wildman–Crippen LogP) is 8.38. The topological polar surface area (TPSA) is 77.6 Å². The standard InChI is InChI=1S/C35H21N5O/c1-3-9-22(10-4-1)32-38-33(23-11-5-2-6-12-23)40-34(39-32)25-16-18-28-24(21-25)15-19-29(36-28)30-20-17-27-26-13-7-8-14-31(26)41-35(27)37-30/h1-21H. The zero-order chi connectivity index (χ0) is 27.2. The Labute approximate surface area is 235 Å². The van der Waals surface area contributed by atoms with Crippen LogP contribution >= 0.6 is 0 Å². The summed E-state index contributed by atoms with van der Waals surface area (Å²) in [7, 11) is 0. The van der Waals surface area contributed by atoms with Crippen molar-refractivity contribution in [2.24, 2.45) is 0 Å². The van der Waals surface area contributed by atoms with Crippen LogP contribution in [0.5, 0.6) is 0 Å². The van der Waals surface area contributed by atoms with Gasteiger partial charge >= 0.3 is 0 Å². The Morgan fingerprint density at radius 1 is 0.415 bits per heavy atom. The van der Waals surface area contributed by atoms with Gasteiger partial charge in [-0.25, -0.2) is 24.9 Å². The molecule has 0 amide bonds. The summed E-state index contributed by atoms with van der Waals surface area (Å²) in [6, 6.07) is 42.1. The molecule has 0 spiro atoms. The Morgan fingerprint density at radius 2 is 1.02 bits per heavy atom. The Morgan fingerprint density at radius 3 is 1.76 bits per heavy atom. The molecule has 0 saturated heterocycles. The first-order chi connectivity index (χ1) is 20.3. The molecule has 0 aliphatic rings. The largest absolute Gasteiger partial charge is 0.438 e. The monoisotopic (exact) mass is 527 g/mol. The molecule has 0 atom stereocenters. The third kappa shape index (κ3) is 4.19. The van der Waals surface area contributed by atoms with Gasteiger partial charge in [0.2, 0.25) is 5.71 Å². The number of fused-ring (bicyclic) bond motifs is 4. The van der Waals surface area contributed by atoms with Crippen LogP contribution in [0.3, 0.4) is 0 Å². The maximum Gasteiger partial charge on any atom is 0.227 e. The smallest absolute Gasteiger partial charge is 0.227 e. The lowest BCUT2D eigenvalue weighted by molar-refractivity contribution is 0.654. The normalized spacial score (nSPS) is 11.4. The van der Waals surface area contributed by atoms with Gasteiger partial charge < -0.3 is 4.42 Å². The molecule has 8 aromatic rings.